The topological polar surface area (TPSA) is 89.3 Å². The smallest absolute Gasteiger partial charge is 0.202 e. The van der Waals surface area contributed by atoms with Gasteiger partial charge in [-0.05, 0) is 49.7 Å². The van der Waals surface area contributed by atoms with Gasteiger partial charge in [-0.1, -0.05) is 13.0 Å². The first-order valence-electron chi connectivity index (χ1n) is 7.00. The molecule has 6 nitrogen and oxygen atoms in total. The molecule has 124 valence electrons. The number of aromatic nitrogens is 2. The maximum Gasteiger partial charge on any atom is 0.202 e. The van der Waals surface area contributed by atoms with Crippen molar-refractivity contribution in [3.63, 3.8) is 0 Å². The van der Waals surface area contributed by atoms with Crippen molar-refractivity contribution in [2.75, 3.05) is 23.4 Å². The van der Waals surface area contributed by atoms with Crippen LogP contribution in [0.5, 0.6) is 0 Å². The van der Waals surface area contributed by atoms with Crippen molar-refractivity contribution >= 4 is 39.3 Å². The Morgan fingerprint density at radius 1 is 1.48 bits per heavy atom. The van der Waals surface area contributed by atoms with Gasteiger partial charge in [-0.15, -0.1) is 0 Å². The molecular formula is C14H17BrFN5OS. The van der Waals surface area contributed by atoms with E-state index >= 15 is 0 Å². The van der Waals surface area contributed by atoms with Crippen molar-refractivity contribution in [1.29, 1.82) is 0 Å². The second kappa shape index (κ2) is 8.88. The first kappa shape index (κ1) is 17.7. The number of hydrogen-bond acceptors (Lipinski definition) is 6. The van der Waals surface area contributed by atoms with Crippen LogP contribution in [0.4, 0.5) is 10.2 Å². The van der Waals surface area contributed by atoms with Crippen LogP contribution in [0.2, 0.25) is 0 Å². The fourth-order valence-corrected chi connectivity index (χ4v) is 2.71. The molecule has 2 aromatic rings. The minimum atomic E-state index is -0.317. The second-order valence-corrected chi connectivity index (χ2v) is 6.78. The Balaban J connectivity index is 2.00. The molecule has 0 aliphatic carbocycles. The zero-order valence-corrected chi connectivity index (χ0v) is 15.0. The summed E-state index contributed by atoms with van der Waals surface area (Å²) in [7, 11) is 0. The van der Waals surface area contributed by atoms with Crippen molar-refractivity contribution in [2.45, 2.75) is 13.5 Å². The molecule has 0 radical (unpaired) electrons. The molecule has 0 saturated carbocycles. The summed E-state index contributed by atoms with van der Waals surface area (Å²) in [6.07, 6.45) is 0. The summed E-state index contributed by atoms with van der Waals surface area (Å²) in [5, 5.41) is 10.7. The van der Waals surface area contributed by atoms with E-state index in [1.807, 2.05) is 11.8 Å². The number of amidine groups is 1. The lowest BCUT2D eigenvalue weighted by atomic mass is 10.2. The van der Waals surface area contributed by atoms with Gasteiger partial charge in [0.1, 0.15) is 5.82 Å². The van der Waals surface area contributed by atoms with Crippen LogP contribution >= 0.6 is 27.7 Å². The summed E-state index contributed by atoms with van der Waals surface area (Å²) in [4.78, 5) is 4.26. The number of nitrogens with one attached hydrogen (secondary N) is 1. The van der Waals surface area contributed by atoms with Crippen LogP contribution < -0.4 is 11.1 Å². The Morgan fingerprint density at radius 2 is 2.30 bits per heavy atom. The van der Waals surface area contributed by atoms with Crippen LogP contribution in [0.1, 0.15) is 18.2 Å². The van der Waals surface area contributed by atoms with Gasteiger partial charge in [0.15, 0.2) is 11.5 Å². The molecule has 0 fully saturated rings. The van der Waals surface area contributed by atoms with Gasteiger partial charge in [-0.3, -0.25) is 4.99 Å². The van der Waals surface area contributed by atoms with E-state index in [2.05, 4.69) is 43.5 Å². The van der Waals surface area contributed by atoms with E-state index in [0.717, 1.165) is 23.6 Å². The van der Waals surface area contributed by atoms with Gasteiger partial charge in [0.2, 0.25) is 5.82 Å². The van der Waals surface area contributed by atoms with E-state index in [9.17, 15) is 4.39 Å². The summed E-state index contributed by atoms with van der Waals surface area (Å²) in [5.74, 6) is 2.38. The predicted octanol–water partition coefficient (Wildman–Crippen LogP) is 3.04. The molecule has 1 aromatic carbocycles. The summed E-state index contributed by atoms with van der Waals surface area (Å²) in [6.45, 7) is 3.15. The Labute approximate surface area is 146 Å². The lowest BCUT2D eigenvalue weighted by Crippen LogP contribution is -2.17. The van der Waals surface area contributed by atoms with Crippen LogP contribution in [0.15, 0.2) is 32.3 Å². The summed E-state index contributed by atoms with van der Waals surface area (Å²) in [6, 6.07) is 4.69. The molecule has 0 saturated heterocycles. The lowest BCUT2D eigenvalue weighted by molar-refractivity contribution is 0.308. The Kier molecular flexibility index (Phi) is 6.85. The van der Waals surface area contributed by atoms with Gasteiger partial charge in [-0.2, -0.15) is 11.8 Å². The highest BCUT2D eigenvalue weighted by Crippen LogP contribution is 2.17. The van der Waals surface area contributed by atoms with Crippen molar-refractivity contribution < 1.29 is 9.02 Å². The van der Waals surface area contributed by atoms with Gasteiger partial charge in [0, 0.05) is 12.3 Å². The Hall–Kier alpha value is -1.61. The third kappa shape index (κ3) is 5.21. The van der Waals surface area contributed by atoms with Gasteiger partial charge in [0.05, 0.1) is 11.0 Å². The highest BCUT2D eigenvalue weighted by atomic mass is 79.9. The molecule has 0 aliphatic rings. The van der Waals surface area contributed by atoms with E-state index in [0.29, 0.717) is 22.5 Å². The molecule has 2 rings (SSSR count). The second-order valence-electron chi connectivity index (χ2n) is 4.54. The van der Waals surface area contributed by atoms with Crippen molar-refractivity contribution in [3.05, 3.63) is 39.7 Å². The minimum absolute atomic E-state index is 0.220. The highest BCUT2D eigenvalue weighted by Gasteiger charge is 2.13. The zero-order chi connectivity index (χ0) is 16.7. The van der Waals surface area contributed by atoms with Gasteiger partial charge < -0.3 is 11.1 Å². The number of halogens is 2. The maximum absolute atomic E-state index is 13.2. The van der Waals surface area contributed by atoms with Crippen LogP contribution in [0.3, 0.4) is 0 Å². The third-order valence-corrected chi connectivity index (χ3v) is 4.40. The fraction of sp³-hybridized carbons (Fsp3) is 0.357. The largest absolute Gasteiger partial charge is 0.382 e. The van der Waals surface area contributed by atoms with E-state index in [4.69, 9.17) is 10.4 Å². The van der Waals surface area contributed by atoms with Gasteiger partial charge >= 0.3 is 0 Å². The standard InChI is InChI=1S/C14H17BrFN5OS/c1-2-23-6-5-18-14-12(20-22-21-14)13(17)19-8-9-3-4-11(16)10(15)7-9/h3-4,7H,2,5-6,8H2,1H3,(H2,17,19)(H,18,21). The fourth-order valence-electron chi connectivity index (χ4n) is 1.75. The minimum Gasteiger partial charge on any atom is -0.382 e. The number of anilines is 1. The molecule has 0 amide bonds. The van der Waals surface area contributed by atoms with Crippen molar-refractivity contribution in [3.8, 4) is 0 Å². The van der Waals surface area contributed by atoms with Crippen molar-refractivity contribution in [1.82, 2.24) is 10.3 Å². The van der Waals surface area contributed by atoms with E-state index in [-0.39, 0.29) is 11.7 Å². The average molecular weight is 402 g/mol. The Morgan fingerprint density at radius 3 is 3.04 bits per heavy atom. The number of nitrogens with zero attached hydrogens (tertiary/aromatic N) is 3. The first-order chi connectivity index (χ1) is 11.1. The molecule has 0 aliphatic heterocycles. The number of rotatable bonds is 8. The van der Waals surface area contributed by atoms with Crippen LogP contribution in [-0.4, -0.2) is 34.2 Å². The molecule has 0 atom stereocenters. The number of thioether (sulfide) groups is 1. The molecule has 0 bridgehead atoms. The summed E-state index contributed by atoms with van der Waals surface area (Å²) in [5.41, 5.74) is 7.15. The first-order valence-corrected chi connectivity index (χ1v) is 8.95. The molecule has 1 heterocycles. The molecule has 9 heteroatoms. The van der Waals surface area contributed by atoms with E-state index < -0.39 is 0 Å². The molecule has 0 spiro atoms. The van der Waals surface area contributed by atoms with E-state index in [1.54, 1.807) is 12.1 Å². The molecular weight excluding hydrogens is 385 g/mol. The van der Waals surface area contributed by atoms with Crippen molar-refractivity contribution in [2.24, 2.45) is 10.7 Å². The van der Waals surface area contributed by atoms with E-state index in [1.165, 1.54) is 6.07 Å². The van der Waals surface area contributed by atoms with Gasteiger partial charge in [-0.25, -0.2) is 9.02 Å². The number of nitrogens with two attached hydrogens (primary N) is 1. The third-order valence-electron chi connectivity index (χ3n) is 2.89. The summed E-state index contributed by atoms with van der Waals surface area (Å²) >= 11 is 4.96. The number of aliphatic imine (C=N–C) groups is 1. The number of hydrogen-bond donors (Lipinski definition) is 2. The SMILES string of the molecule is CCSCCNc1nonc1C(N)=NCc1ccc(F)c(Br)c1. The monoisotopic (exact) mass is 401 g/mol. The van der Waals surface area contributed by atoms with Crippen LogP contribution in [0, 0.1) is 5.82 Å². The zero-order valence-electron chi connectivity index (χ0n) is 12.6. The van der Waals surface area contributed by atoms with Gasteiger partial charge in [0.25, 0.3) is 0 Å². The van der Waals surface area contributed by atoms with Crippen LogP contribution in [-0.2, 0) is 6.54 Å². The predicted molar refractivity (Wildman–Crippen MR) is 94.3 cm³/mol. The molecule has 0 unspecified atom stereocenters. The molecule has 3 N–H and O–H groups in total. The summed E-state index contributed by atoms with van der Waals surface area (Å²) < 4.78 is 18.3. The normalized spacial score (nSPS) is 11.7. The maximum atomic E-state index is 13.2. The number of benzene rings is 1. The Bertz CT molecular complexity index is 679. The average Bonchev–Trinajstić information content (AvgIpc) is 3.01. The lowest BCUT2D eigenvalue weighted by Gasteiger charge is -2.03. The molecule has 23 heavy (non-hydrogen) atoms. The van der Waals surface area contributed by atoms with Crippen LogP contribution in [0.25, 0.3) is 0 Å². The quantitative estimate of drug-likeness (QED) is 0.401. The highest BCUT2D eigenvalue weighted by molar-refractivity contribution is 9.10. The molecule has 1 aromatic heterocycles.